The van der Waals surface area contributed by atoms with Gasteiger partial charge in [-0.1, -0.05) is 0 Å². The fourth-order valence-electron chi connectivity index (χ4n) is 2.86. The molecule has 150 valence electrons. The molecule has 0 bridgehead atoms. The Kier molecular flexibility index (Phi) is 5.43. The van der Waals surface area contributed by atoms with E-state index in [9.17, 15) is 4.79 Å². The molecule has 1 heterocycles. The summed E-state index contributed by atoms with van der Waals surface area (Å²) in [6.45, 7) is 1.90. The maximum absolute atomic E-state index is 12.2. The minimum Gasteiger partial charge on any atom is -0.497 e. The lowest BCUT2D eigenvalue weighted by Crippen LogP contribution is -2.19. The number of fused-ring (bicyclic) bond motifs is 1. The van der Waals surface area contributed by atoms with Crippen LogP contribution < -0.4 is 20.1 Å². The summed E-state index contributed by atoms with van der Waals surface area (Å²) >= 11 is 0. The first-order valence-electron chi connectivity index (χ1n) is 9.32. The van der Waals surface area contributed by atoms with Gasteiger partial charge in [-0.3, -0.25) is 4.98 Å². The van der Waals surface area contributed by atoms with Crippen LogP contribution in [0.25, 0.3) is 11.0 Å². The van der Waals surface area contributed by atoms with E-state index >= 15 is 0 Å². The van der Waals surface area contributed by atoms with Crippen LogP contribution in [-0.4, -0.2) is 23.1 Å². The largest absolute Gasteiger partial charge is 0.497 e. The summed E-state index contributed by atoms with van der Waals surface area (Å²) in [5.74, 6) is 2.04. The highest BCUT2D eigenvalue weighted by Crippen LogP contribution is 2.25. The first kappa shape index (κ1) is 19.2. The van der Waals surface area contributed by atoms with Crippen LogP contribution in [-0.2, 0) is 0 Å². The SMILES string of the molecule is COc1ccc(NC(=O)Nc2ccc(Oc3ccc4ncc(C)nc4c3)cc2)cc1. The number of nitrogens with one attached hydrogen (secondary N) is 2. The topological polar surface area (TPSA) is 85.4 Å². The van der Waals surface area contributed by atoms with Gasteiger partial charge in [-0.05, 0) is 67.6 Å². The Bertz CT molecular complexity index is 1180. The normalized spacial score (nSPS) is 10.5. The highest BCUT2D eigenvalue weighted by atomic mass is 16.5. The number of nitrogens with zero attached hydrogens (tertiary/aromatic N) is 2. The number of carbonyl (C=O) groups is 1. The number of ether oxygens (including phenoxy) is 2. The number of anilines is 2. The Balaban J connectivity index is 1.38. The standard InChI is InChI=1S/C23H20N4O3/c1-15-14-24-21-12-11-20(13-22(21)25-15)30-19-9-5-17(6-10-19)27-23(28)26-16-3-7-18(29-2)8-4-16/h3-14H,1-2H3,(H2,26,27,28). The third-order valence-corrected chi connectivity index (χ3v) is 4.33. The molecule has 0 saturated heterocycles. The molecule has 2 amide bonds. The second-order valence-corrected chi connectivity index (χ2v) is 6.60. The van der Waals surface area contributed by atoms with Crippen molar-refractivity contribution < 1.29 is 14.3 Å². The van der Waals surface area contributed by atoms with Gasteiger partial charge in [-0.2, -0.15) is 0 Å². The van der Waals surface area contributed by atoms with Gasteiger partial charge in [0.1, 0.15) is 17.2 Å². The number of hydrogen-bond acceptors (Lipinski definition) is 5. The summed E-state index contributed by atoms with van der Waals surface area (Å²) in [6, 6.07) is 19.4. The Morgan fingerprint density at radius 2 is 1.40 bits per heavy atom. The van der Waals surface area contributed by atoms with Crippen LogP contribution in [0.15, 0.2) is 72.9 Å². The zero-order valence-electron chi connectivity index (χ0n) is 16.5. The summed E-state index contributed by atoms with van der Waals surface area (Å²) in [5, 5.41) is 5.55. The lowest BCUT2D eigenvalue weighted by molar-refractivity contribution is 0.262. The van der Waals surface area contributed by atoms with Crippen molar-refractivity contribution in [1.29, 1.82) is 0 Å². The lowest BCUT2D eigenvalue weighted by Gasteiger charge is -2.10. The summed E-state index contributed by atoms with van der Waals surface area (Å²) in [4.78, 5) is 21.0. The molecule has 30 heavy (non-hydrogen) atoms. The molecule has 0 unspecified atom stereocenters. The van der Waals surface area contributed by atoms with Crippen LogP contribution in [0.4, 0.5) is 16.2 Å². The van der Waals surface area contributed by atoms with E-state index in [2.05, 4.69) is 20.6 Å². The molecule has 3 aromatic carbocycles. The zero-order chi connectivity index (χ0) is 20.9. The first-order valence-corrected chi connectivity index (χ1v) is 9.32. The van der Waals surface area contributed by atoms with Gasteiger partial charge in [-0.25, -0.2) is 9.78 Å². The minimum atomic E-state index is -0.336. The van der Waals surface area contributed by atoms with E-state index in [0.717, 1.165) is 22.5 Å². The Labute approximate surface area is 173 Å². The molecule has 0 fully saturated rings. The van der Waals surface area contributed by atoms with Gasteiger partial charge >= 0.3 is 6.03 Å². The number of amides is 2. The van der Waals surface area contributed by atoms with Crippen LogP contribution in [0, 0.1) is 6.92 Å². The number of benzene rings is 3. The van der Waals surface area contributed by atoms with Crippen molar-refractivity contribution in [3.05, 3.63) is 78.6 Å². The maximum atomic E-state index is 12.2. The first-order chi connectivity index (χ1) is 14.6. The maximum Gasteiger partial charge on any atom is 0.323 e. The third-order valence-electron chi connectivity index (χ3n) is 4.33. The second-order valence-electron chi connectivity index (χ2n) is 6.60. The molecule has 4 aromatic rings. The number of methoxy groups -OCH3 is 1. The molecular weight excluding hydrogens is 380 g/mol. The molecule has 0 atom stereocenters. The molecule has 7 nitrogen and oxygen atoms in total. The molecule has 7 heteroatoms. The molecule has 1 aromatic heterocycles. The Hall–Kier alpha value is -4.13. The van der Waals surface area contributed by atoms with Gasteiger partial charge in [-0.15, -0.1) is 0 Å². The molecule has 0 aliphatic carbocycles. The van der Waals surface area contributed by atoms with E-state index in [1.807, 2.05) is 25.1 Å². The molecule has 0 aliphatic heterocycles. The molecular formula is C23H20N4O3. The van der Waals surface area contributed by atoms with Crippen molar-refractivity contribution in [2.75, 3.05) is 17.7 Å². The number of urea groups is 1. The predicted octanol–water partition coefficient (Wildman–Crippen LogP) is 5.38. The van der Waals surface area contributed by atoms with E-state index < -0.39 is 0 Å². The minimum absolute atomic E-state index is 0.336. The summed E-state index contributed by atoms with van der Waals surface area (Å²) < 4.78 is 11.0. The summed E-state index contributed by atoms with van der Waals surface area (Å²) in [5.41, 5.74) is 3.76. The van der Waals surface area contributed by atoms with Gasteiger partial charge < -0.3 is 20.1 Å². The van der Waals surface area contributed by atoms with Crippen molar-refractivity contribution in [1.82, 2.24) is 9.97 Å². The van der Waals surface area contributed by atoms with Crippen LogP contribution in [0.1, 0.15) is 5.69 Å². The monoisotopic (exact) mass is 400 g/mol. The number of hydrogen-bond donors (Lipinski definition) is 2. The van der Waals surface area contributed by atoms with Crippen molar-refractivity contribution in [2.24, 2.45) is 0 Å². The molecule has 0 aliphatic rings. The summed E-state index contributed by atoms with van der Waals surface area (Å²) in [7, 11) is 1.59. The van der Waals surface area contributed by atoms with Crippen molar-refractivity contribution in [3.63, 3.8) is 0 Å². The highest BCUT2D eigenvalue weighted by molar-refractivity contribution is 5.99. The zero-order valence-corrected chi connectivity index (χ0v) is 16.5. The van der Waals surface area contributed by atoms with Crippen molar-refractivity contribution in [2.45, 2.75) is 6.92 Å². The summed E-state index contributed by atoms with van der Waals surface area (Å²) in [6.07, 6.45) is 1.74. The van der Waals surface area contributed by atoms with E-state index in [0.29, 0.717) is 22.9 Å². The molecule has 2 N–H and O–H groups in total. The smallest absolute Gasteiger partial charge is 0.323 e. The van der Waals surface area contributed by atoms with Crippen LogP contribution in [0.2, 0.25) is 0 Å². The van der Waals surface area contributed by atoms with Gasteiger partial charge in [0.05, 0.1) is 23.8 Å². The fraction of sp³-hybridized carbons (Fsp3) is 0.0870. The Morgan fingerprint density at radius 3 is 2.03 bits per heavy atom. The molecule has 0 spiro atoms. The number of aryl methyl sites for hydroxylation is 1. The van der Waals surface area contributed by atoms with Gasteiger partial charge in [0.15, 0.2) is 0 Å². The van der Waals surface area contributed by atoms with Gasteiger partial charge in [0.25, 0.3) is 0 Å². The van der Waals surface area contributed by atoms with Crippen LogP contribution in [0.3, 0.4) is 0 Å². The average Bonchev–Trinajstić information content (AvgIpc) is 2.75. The third kappa shape index (κ3) is 4.64. The van der Waals surface area contributed by atoms with E-state index in [4.69, 9.17) is 9.47 Å². The number of aromatic nitrogens is 2. The van der Waals surface area contributed by atoms with E-state index in [1.165, 1.54) is 0 Å². The van der Waals surface area contributed by atoms with Crippen molar-refractivity contribution >= 4 is 28.4 Å². The molecule has 4 rings (SSSR count). The quantitative estimate of drug-likeness (QED) is 0.470. The van der Waals surface area contributed by atoms with E-state index in [-0.39, 0.29) is 6.03 Å². The van der Waals surface area contributed by atoms with E-state index in [1.54, 1.807) is 61.8 Å². The van der Waals surface area contributed by atoms with Gasteiger partial charge in [0, 0.05) is 23.6 Å². The average molecular weight is 400 g/mol. The predicted molar refractivity (Wildman–Crippen MR) is 116 cm³/mol. The number of carbonyl (C=O) groups excluding carboxylic acids is 1. The highest BCUT2D eigenvalue weighted by Gasteiger charge is 2.05. The van der Waals surface area contributed by atoms with Crippen LogP contribution in [0.5, 0.6) is 17.2 Å². The van der Waals surface area contributed by atoms with Crippen LogP contribution >= 0.6 is 0 Å². The molecule has 0 radical (unpaired) electrons. The van der Waals surface area contributed by atoms with Crippen molar-refractivity contribution in [3.8, 4) is 17.2 Å². The second kappa shape index (κ2) is 8.48. The Morgan fingerprint density at radius 1 is 0.800 bits per heavy atom. The molecule has 0 saturated carbocycles. The number of rotatable bonds is 5. The fourth-order valence-corrected chi connectivity index (χ4v) is 2.86. The van der Waals surface area contributed by atoms with Gasteiger partial charge in [0.2, 0.25) is 0 Å². The lowest BCUT2D eigenvalue weighted by atomic mass is 10.2.